The molecular formula is C13H11N3O3S. The summed E-state index contributed by atoms with van der Waals surface area (Å²) in [7, 11) is 0. The summed E-state index contributed by atoms with van der Waals surface area (Å²) in [4.78, 5) is 31.8. The number of carbonyl (C=O) groups is 2. The van der Waals surface area contributed by atoms with Crippen LogP contribution in [-0.2, 0) is 9.63 Å². The lowest BCUT2D eigenvalue weighted by Crippen LogP contribution is -2.25. The van der Waals surface area contributed by atoms with Gasteiger partial charge in [0.05, 0.1) is 5.56 Å². The van der Waals surface area contributed by atoms with Gasteiger partial charge in [-0.15, -0.1) is 11.3 Å². The largest absolute Gasteiger partial charge is 0.365 e. The predicted octanol–water partition coefficient (Wildman–Crippen LogP) is 1.50. The van der Waals surface area contributed by atoms with Crippen molar-refractivity contribution in [1.82, 2.24) is 4.98 Å². The van der Waals surface area contributed by atoms with Crippen LogP contribution >= 0.6 is 11.3 Å². The van der Waals surface area contributed by atoms with Gasteiger partial charge in [-0.2, -0.15) is 0 Å². The van der Waals surface area contributed by atoms with E-state index in [4.69, 9.17) is 10.6 Å². The Bertz CT molecular complexity index is 665. The lowest BCUT2D eigenvalue weighted by Gasteiger charge is -1.99. The summed E-state index contributed by atoms with van der Waals surface area (Å²) in [5.41, 5.74) is 6.09. The first kappa shape index (κ1) is 13.9. The number of amides is 1. The highest BCUT2D eigenvalue weighted by Crippen LogP contribution is 2.11. The number of rotatable bonds is 4. The van der Waals surface area contributed by atoms with Crippen LogP contribution in [0.1, 0.15) is 21.1 Å². The number of benzene rings is 1. The molecule has 0 bridgehead atoms. The molecule has 0 unspecified atom stereocenters. The second-order valence-corrected chi connectivity index (χ2v) is 4.70. The van der Waals surface area contributed by atoms with Gasteiger partial charge >= 0.3 is 5.97 Å². The van der Waals surface area contributed by atoms with Crippen LogP contribution in [0.4, 0.5) is 0 Å². The van der Waals surface area contributed by atoms with E-state index in [1.165, 1.54) is 11.3 Å². The SMILES string of the molecule is Cc1csc(/C(=N/OC(=O)c2ccccc2)C(N)=O)n1. The van der Waals surface area contributed by atoms with E-state index in [1.807, 2.05) is 0 Å². The molecule has 0 saturated heterocycles. The Hall–Kier alpha value is -2.54. The zero-order chi connectivity index (χ0) is 14.5. The molecule has 1 aromatic heterocycles. The highest BCUT2D eigenvalue weighted by Gasteiger charge is 2.16. The van der Waals surface area contributed by atoms with Crippen LogP contribution in [0, 0.1) is 6.92 Å². The number of aromatic nitrogens is 1. The average Bonchev–Trinajstić information content (AvgIpc) is 2.86. The Morgan fingerprint density at radius 3 is 2.55 bits per heavy atom. The van der Waals surface area contributed by atoms with Crippen LogP contribution < -0.4 is 5.73 Å². The lowest BCUT2D eigenvalue weighted by atomic mass is 10.2. The summed E-state index contributed by atoms with van der Waals surface area (Å²) in [5, 5.41) is 5.58. The van der Waals surface area contributed by atoms with Gasteiger partial charge in [0.25, 0.3) is 5.91 Å². The van der Waals surface area contributed by atoms with Crippen LogP contribution in [0.3, 0.4) is 0 Å². The Morgan fingerprint density at radius 2 is 2.00 bits per heavy atom. The number of oxime groups is 1. The molecule has 2 N–H and O–H groups in total. The molecule has 0 saturated carbocycles. The Balaban J connectivity index is 2.19. The van der Waals surface area contributed by atoms with Crippen molar-refractivity contribution in [2.45, 2.75) is 6.92 Å². The van der Waals surface area contributed by atoms with E-state index in [-0.39, 0.29) is 5.71 Å². The molecule has 0 aliphatic heterocycles. The van der Waals surface area contributed by atoms with Crippen molar-refractivity contribution in [2.24, 2.45) is 10.9 Å². The molecule has 2 aromatic rings. The minimum atomic E-state index is -0.805. The molecule has 102 valence electrons. The molecule has 0 spiro atoms. The number of hydrogen-bond donors (Lipinski definition) is 1. The summed E-state index contributed by atoms with van der Waals surface area (Å²) in [6, 6.07) is 8.32. The summed E-state index contributed by atoms with van der Waals surface area (Å²) in [6.07, 6.45) is 0. The third-order valence-corrected chi connectivity index (χ3v) is 3.25. The topological polar surface area (TPSA) is 94.6 Å². The summed E-state index contributed by atoms with van der Waals surface area (Å²) >= 11 is 1.20. The number of carbonyl (C=O) groups excluding carboxylic acids is 2. The van der Waals surface area contributed by atoms with Gasteiger partial charge in [0.15, 0.2) is 5.01 Å². The molecular weight excluding hydrogens is 278 g/mol. The maximum Gasteiger partial charge on any atom is 0.365 e. The fourth-order valence-electron chi connectivity index (χ4n) is 1.37. The van der Waals surface area contributed by atoms with Crippen molar-refractivity contribution in [1.29, 1.82) is 0 Å². The third-order valence-electron chi connectivity index (χ3n) is 2.28. The van der Waals surface area contributed by atoms with Crippen LogP contribution in [-0.4, -0.2) is 22.6 Å². The zero-order valence-electron chi connectivity index (χ0n) is 10.6. The van der Waals surface area contributed by atoms with Gasteiger partial charge in [0.1, 0.15) is 0 Å². The first-order chi connectivity index (χ1) is 9.58. The van der Waals surface area contributed by atoms with Crippen molar-refractivity contribution in [3.8, 4) is 0 Å². The van der Waals surface area contributed by atoms with Crippen LogP contribution in [0.25, 0.3) is 0 Å². The van der Waals surface area contributed by atoms with Gasteiger partial charge in [0, 0.05) is 11.1 Å². The second-order valence-electron chi connectivity index (χ2n) is 3.84. The highest BCUT2D eigenvalue weighted by molar-refractivity contribution is 7.12. The maximum atomic E-state index is 11.7. The number of hydrogen-bond acceptors (Lipinski definition) is 6. The van der Waals surface area contributed by atoms with E-state index in [0.29, 0.717) is 10.6 Å². The fraction of sp³-hybridized carbons (Fsp3) is 0.0769. The van der Waals surface area contributed by atoms with E-state index in [9.17, 15) is 9.59 Å². The third kappa shape index (κ3) is 3.27. The second kappa shape index (κ2) is 6.07. The zero-order valence-corrected chi connectivity index (χ0v) is 11.4. The number of nitrogens with two attached hydrogens (primary N) is 1. The normalized spacial score (nSPS) is 11.2. The first-order valence-corrected chi connectivity index (χ1v) is 6.52. The number of aryl methyl sites for hydroxylation is 1. The Labute approximate surface area is 118 Å². The Morgan fingerprint density at radius 1 is 1.30 bits per heavy atom. The molecule has 0 aliphatic carbocycles. The average molecular weight is 289 g/mol. The standard InChI is InChI=1S/C13H11N3O3S/c1-8-7-20-12(15-8)10(11(14)17)16-19-13(18)9-5-3-2-4-6-9/h2-7H,1H3,(H2,14,17)/b16-10+. The van der Waals surface area contributed by atoms with E-state index < -0.39 is 11.9 Å². The van der Waals surface area contributed by atoms with Crippen molar-refractivity contribution >= 4 is 28.9 Å². The van der Waals surface area contributed by atoms with Crippen molar-refractivity contribution in [2.75, 3.05) is 0 Å². The molecule has 0 fully saturated rings. The molecule has 6 nitrogen and oxygen atoms in total. The van der Waals surface area contributed by atoms with Crippen molar-refractivity contribution in [3.63, 3.8) is 0 Å². The van der Waals surface area contributed by atoms with Gasteiger partial charge in [-0.3, -0.25) is 4.79 Å². The molecule has 7 heteroatoms. The Kier molecular flexibility index (Phi) is 4.21. The molecule has 2 rings (SSSR count). The van der Waals surface area contributed by atoms with Crippen molar-refractivity contribution < 1.29 is 14.4 Å². The van der Waals surface area contributed by atoms with Crippen LogP contribution in [0.15, 0.2) is 40.9 Å². The minimum absolute atomic E-state index is 0.174. The van der Waals surface area contributed by atoms with Crippen LogP contribution in [0.5, 0.6) is 0 Å². The van der Waals surface area contributed by atoms with Gasteiger partial charge < -0.3 is 10.6 Å². The minimum Gasteiger partial charge on any atom is -0.364 e. The lowest BCUT2D eigenvalue weighted by molar-refractivity contribution is -0.112. The van der Waals surface area contributed by atoms with E-state index in [2.05, 4.69) is 10.1 Å². The van der Waals surface area contributed by atoms with Gasteiger partial charge in [-0.1, -0.05) is 23.4 Å². The molecule has 20 heavy (non-hydrogen) atoms. The number of nitrogens with zero attached hydrogens (tertiary/aromatic N) is 2. The smallest absolute Gasteiger partial charge is 0.364 e. The van der Waals surface area contributed by atoms with Gasteiger partial charge in [-0.25, -0.2) is 9.78 Å². The quantitative estimate of drug-likeness (QED) is 0.524. The molecule has 0 radical (unpaired) electrons. The van der Waals surface area contributed by atoms with Gasteiger partial charge in [0.2, 0.25) is 5.71 Å². The first-order valence-electron chi connectivity index (χ1n) is 5.64. The van der Waals surface area contributed by atoms with E-state index in [0.717, 1.165) is 5.69 Å². The molecule has 1 aromatic carbocycles. The maximum absolute atomic E-state index is 11.7. The number of thiazole rings is 1. The van der Waals surface area contributed by atoms with Crippen molar-refractivity contribution in [3.05, 3.63) is 52.0 Å². The predicted molar refractivity (Wildman–Crippen MR) is 74.4 cm³/mol. The van der Waals surface area contributed by atoms with Crippen LogP contribution in [0.2, 0.25) is 0 Å². The fourth-order valence-corrected chi connectivity index (χ4v) is 2.15. The van der Waals surface area contributed by atoms with E-state index >= 15 is 0 Å². The van der Waals surface area contributed by atoms with E-state index in [1.54, 1.807) is 42.6 Å². The highest BCUT2D eigenvalue weighted by atomic mass is 32.1. The molecule has 1 amide bonds. The molecule has 0 aliphatic rings. The number of primary amides is 1. The molecule has 0 atom stereocenters. The summed E-state index contributed by atoms with van der Waals surface area (Å²) in [6.45, 7) is 1.77. The van der Waals surface area contributed by atoms with Gasteiger partial charge in [-0.05, 0) is 19.1 Å². The summed E-state index contributed by atoms with van der Waals surface area (Å²) < 4.78 is 0. The summed E-state index contributed by atoms with van der Waals surface area (Å²) in [5.74, 6) is -1.47. The monoisotopic (exact) mass is 289 g/mol. The molecule has 1 heterocycles.